The number of anilines is 2. The number of benzene rings is 2. The van der Waals surface area contributed by atoms with Crippen molar-refractivity contribution < 1.29 is 28.5 Å². The molecule has 2 N–H and O–H groups in total. The molecular formula is C19H20N2O6. The minimum atomic E-state index is -0.776. The van der Waals surface area contributed by atoms with Gasteiger partial charge < -0.3 is 29.6 Å². The summed E-state index contributed by atoms with van der Waals surface area (Å²) in [5.74, 6) is 0.829. The highest BCUT2D eigenvalue weighted by Crippen LogP contribution is 2.40. The third-order valence-corrected chi connectivity index (χ3v) is 4.05. The molecule has 1 aliphatic rings. The highest BCUT2D eigenvalue weighted by molar-refractivity contribution is 5.97. The molecule has 0 aromatic heterocycles. The Morgan fingerprint density at radius 1 is 1.11 bits per heavy atom. The molecule has 1 heterocycles. The summed E-state index contributed by atoms with van der Waals surface area (Å²) in [4.78, 5) is 24.5. The van der Waals surface area contributed by atoms with Gasteiger partial charge in [-0.15, -0.1) is 0 Å². The molecule has 0 saturated heterocycles. The van der Waals surface area contributed by atoms with Crippen molar-refractivity contribution in [3.63, 3.8) is 0 Å². The number of carbonyl (C=O) groups is 2. The second-order valence-electron chi connectivity index (χ2n) is 5.78. The number of para-hydroxylation sites is 2. The van der Waals surface area contributed by atoms with Crippen molar-refractivity contribution in [1.29, 1.82) is 0 Å². The molecule has 0 aliphatic carbocycles. The van der Waals surface area contributed by atoms with E-state index in [0.717, 1.165) is 0 Å². The summed E-state index contributed by atoms with van der Waals surface area (Å²) in [6, 6.07) is 9.51. The van der Waals surface area contributed by atoms with Gasteiger partial charge in [-0.3, -0.25) is 4.79 Å². The van der Waals surface area contributed by atoms with E-state index in [0.29, 0.717) is 34.4 Å². The molecular weight excluding hydrogens is 352 g/mol. The number of amides is 1. The number of hydrogen-bond acceptors (Lipinski definition) is 7. The number of hydrogen-bond donors (Lipinski definition) is 2. The summed E-state index contributed by atoms with van der Waals surface area (Å²) in [5.41, 5.74) is 1.13. The molecule has 1 atom stereocenters. The number of methoxy groups -OCH3 is 3. The average molecular weight is 372 g/mol. The zero-order chi connectivity index (χ0) is 19.4. The van der Waals surface area contributed by atoms with Crippen LogP contribution in [0.5, 0.6) is 23.0 Å². The topological polar surface area (TPSA) is 95.1 Å². The van der Waals surface area contributed by atoms with Gasteiger partial charge in [-0.1, -0.05) is 12.1 Å². The Balaban J connectivity index is 1.72. The first-order chi connectivity index (χ1) is 13.0. The summed E-state index contributed by atoms with van der Waals surface area (Å²) >= 11 is 0. The Morgan fingerprint density at radius 3 is 2.41 bits per heavy atom. The fraction of sp³-hybridized carbons (Fsp3) is 0.263. The van der Waals surface area contributed by atoms with Crippen LogP contribution in [0.2, 0.25) is 0 Å². The molecule has 0 unspecified atom stereocenters. The first-order valence-corrected chi connectivity index (χ1v) is 8.22. The van der Waals surface area contributed by atoms with Crippen LogP contribution < -0.4 is 29.6 Å². The quantitative estimate of drug-likeness (QED) is 0.594. The number of esters is 1. The SMILES string of the molecule is COc1cc(NC(=O)C[C@H]2Nc3ccccc3OC2=O)cc(OC)c1OC. The Kier molecular flexibility index (Phi) is 5.35. The first-order valence-electron chi connectivity index (χ1n) is 8.22. The smallest absolute Gasteiger partial charge is 0.334 e. The first kappa shape index (κ1) is 18.4. The lowest BCUT2D eigenvalue weighted by Crippen LogP contribution is -2.39. The highest BCUT2D eigenvalue weighted by atomic mass is 16.5. The lowest BCUT2D eigenvalue weighted by molar-refractivity contribution is -0.137. The minimum Gasteiger partial charge on any atom is -0.493 e. The molecule has 8 nitrogen and oxygen atoms in total. The van der Waals surface area contributed by atoms with Crippen molar-refractivity contribution in [2.75, 3.05) is 32.0 Å². The van der Waals surface area contributed by atoms with Crippen LogP contribution in [0.15, 0.2) is 36.4 Å². The normalized spacial score (nSPS) is 15.1. The van der Waals surface area contributed by atoms with E-state index in [-0.39, 0.29) is 12.3 Å². The lowest BCUT2D eigenvalue weighted by atomic mass is 10.1. The third-order valence-electron chi connectivity index (χ3n) is 4.05. The van der Waals surface area contributed by atoms with Gasteiger partial charge in [0.25, 0.3) is 0 Å². The lowest BCUT2D eigenvalue weighted by Gasteiger charge is -2.25. The van der Waals surface area contributed by atoms with Crippen LogP contribution in [-0.2, 0) is 9.59 Å². The van der Waals surface area contributed by atoms with E-state index in [2.05, 4.69) is 10.6 Å². The summed E-state index contributed by atoms with van der Waals surface area (Å²) in [5, 5.41) is 5.75. The number of fused-ring (bicyclic) bond motifs is 1. The predicted octanol–water partition coefficient (Wildman–Crippen LogP) is 2.44. The van der Waals surface area contributed by atoms with Crippen molar-refractivity contribution in [1.82, 2.24) is 0 Å². The van der Waals surface area contributed by atoms with Crippen LogP contribution in [0.1, 0.15) is 6.42 Å². The largest absolute Gasteiger partial charge is 0.493 e. The highest BCUT2D eigenvalue weighted by Gasteiger charge is 2.29. The van der Waals surface area contributed by atoms with Crippen LogP contribution in [0.3, 0.4) is 0 Å². The van der Waals surface area contributed by atoms with Gasteiger partial charge in [-0.05, 0) is 12.1 Å². The molecule has 0 fully saturated rings. The van der Waals surface area contributed by atoms with Crippen molar-refractivity contribution in [3.05, 3.63) is 36.4 Å². The molecule has 142 valence electrons. The van der Waals surface area contributed by atoms with Gasteiger partial charge in [0.1, 0.15) is 6.04 Å². The Hall–Kier alpha value is -3.42. The van der Waals surface area contributed by atoms with E-state index in [1.165, 1.54) is 21.3 Å². The molecule has 8 heteroatoms. The van der Waals surface area contributed by atoms with Crippen molar-refractivity contribution in [3.8, 4) is 23.0 Å². The summed E-state index contributed by atoms with van der Waals surface area (Å²) in [6.07, 6.45) is -0.0934. The molecule has 0 bridgehead atoms. The van der Waals surface area contributed by atoms with E-state index in [1.807, 2.05) is 6.07 Å². The van der Waals surface area contributed by atoms with Gasteiger partial charge in [0.15, 0.2) is 17.2 Å². The van der Waals surface area contributed by atoms with Gasteiger partial charge in [0, 0.05) is 17.8 Å². The number of carbonyl (C=O) groups excluding carboxylic acids is 2. The number of nitrogens with one attached hydrogen (secondary N) is 2. The Bertz CT molecular complexity index is 842. The van der Waals surface area contributed by atoms with Crippen LogP contribution in [0.25, 0.3) is 0 Å². The van der Waals surface area contributed by atoms with Crippen LogP contribution in [0.4, 0.5) is 11.4 Å². The van der Waals surface area contributed by atoms with Crippen LogP contribution in [0, 0.1) is 0 Å². The van der Waals surface area contributed by atoms with Crippen LogP contribution in [-0.4, -0.2) is 39.2 Å². The van der Waals surface area contributed by atoms with Crippen molar-refractivity contribution in [2.45, 2.75) is 12.5 Å². The molecule has 0 saturated carbocycles. The zero-order valence-electron chi connectivity index (χ0n) is 15.2. The number of ether oxygens (including phenoxy) is 4. The molecule has 0 radical (unpaired) electrons. The molecule has 27 heavy (non-hydrogen) atoms. The summed E-state index contributed by atoms with van der Waals surface area (Å²) in [6.45, 7) is 0. The van der Waals surface area contributed by atoms with E-state index in [1.54, 1.807) is 30.3 Å². The Labute approximate surface area is 156 Å². The second kappa shape index (κ2) is 7.86. The van der Waals surface area contributed by atoms with Gasteiger partial charge in [0.05, 0.1) is 33.4 Å². The maximum absolute atomic E-state index is 12.4. The van der Waals surface area contributed by atoms with E-state index < -0.39 is 12.0 Å². The monoisotopic (exact) mass is 372 g/mol. The number of rotatable bonds is 6. The summed E-state index contributed by atoms with van der Waals surface area (Å²) in [7, 11) is 4.47. The van der Waals surface area contributed by atoms with Gasteiger partial charge in [0.2, 0.25) is 11.7 Å². The molecule has 2 aromatic rings. The summed E-state index contributed by atoms with van der Waals surface area (Å²) < 4.78 is 21.0. The van der Waals surface area contributed by atoms with Gasteiger partial charge >= 0.3 is 5.97 Å². The van der Waals surface area contributed by atoms with Gasteiger partial charge in [-0.25, -0.2) is 4.79 Å². The second-order valence-corrected chi connectivity index (χ2v) is 5.78. The Morgan fingerprint density at radius 2 is 1.78 bits per heavy atom. The minimum absolute atomic E-state index is 0.0934. The molecule has 0 spiro atoms. The molecule has 1 amide bonds. The standard InChI is InChI=1S/C19H20N2O6/c1-24-15-8-11(9-16(25-2)18(15)26-3)20-17(22)10-13-19(23)27-14-7-5-4-6-12(14)21-13/h4-9,13,21H,10H2,1-3H3,(H,20,22)/t13-/m1/s1. The zero-order valence-corrected chi connectivity index (χ0v) is 15.2. The van der Waals surface area contributed by atoms with E-state index in [4.69, 9.17) is 18.9 Å². The maximum Gasteiger partial charge on any atom is 0.334 e. The average Bonchev–Trinajstić information content (AvgIpc) is 2.67. The van der Waals surface area contributed by atoms with Gasteiger partial charge in [-0.2, -0.15) is 0 Å². The van der Waals surface area contributed by atoms with Crippen molar-refractivity contribution >= 4 is 23.3 Å². The fourth-order valence-electron chi connectivity index (χ4n) is 2.79. The van der Waals surface area contributed by atoms with Crippen LogP contribution >= 0.6 is 0 Å². The van der Waals surface area contributed by atoms with E-state index >= 15 is 0 Å². The van der Waals surface area contributed by atoms with Crippen molar-refractivity contribution in [2.24, 2.45) is 0 Å². The predicted molar refractivity (Wildman–Crippen MR) is 98.8 cm³/mol. The fourth-order valence-corrected chi connectivity index (χ4v) is 2.79. The van der Waals surface area contributed by atoms with E-state index in [9.17, 15) is 9.59 Å². The third kappa shape index (κ3) is 3.89. The molecule has 2 aromatic carbocycles. The molecule has 3 rings (SSSR count). The molecule has 1 aliphatic heterocycles. The maximum atomic E-state index is 12.4.